The smallest absolute Gasteiger partial charge is 0.126 e. The van der Waals surface area contributed by atoms with Gasteiger partial charge >= 0.3 is 0 Å². The molecule has 1 N–H and O–H groups in total. The second-order valence-electron chi connectivity index (χ2n) is 5.62. The quantitative estimate of drug-likeness (QED) is 0.796. The monoisotopic (exact) mass is 330 g/mol. The molecule has 0 aliphatic carbocycles. The van der Waals surface area contributed by atoms with Crippen LogP contribution in [0.3, 0.4) is 0 Å². The fraction of sp³-hybridized carbons (Fsp3) is 0.375. The van der Waals surface area contributed by atoms with Crippen LogP contribution in [0.15, 0.2) is 30.2 Å². The molecule has 23 heavy (non-hydrogen) atoms. The van der Waals surface area contributed by atoms with Gasteiger partial charge in [0.25, 0.3) is 0 Å². The highest BCUT2D eigenvalue weighted by molar-refractivity contribution is 7.15. The number of rotatable bonds is 3. The Morgan fingerprint density at radius 2 is 2.13 bits per heavy atom. The molecular formula is C16H18N4O2S. The van der Waals surface area contributed by atoms with Gasteiger partial charge in [-0.3, -0.25) is 9.38 Å². The molecule has 7 heteroatoms. The number of aliphatic hydroxyl groups is 1. The van der Waals surface area contributed by atoms with Gasteiger partial charge in [0.2, 0.25) is 0 Å². The van der Waals surface area contributed by atoms with Gasteiger partial charge in [0, 0.05) is 35.9 Å². The summed E-state index contributed by atoms with van der Waals surface area (Å²) in [5.41, 5.74) is 3.34. The lowest BCUT2D eigenvalue weighted by Crippen LogP contribution is -2.36. The van der Waals surface area contributed by atoms with Gasteiger partial charge in [-0.25, -0.2) is 4.98 Å². The molecule has 6 nitrogen and oxygen atoms in total. The van der Waals surface area contributed by atoms with Crippen LogP contribution in [-0.4, -0.2) is 45.8 Å². The lowest BCUT2D eigenvalue weighted by Gasteiger charge is -2.29. The number of aromatic nitrogens is 3. The van der Waals surface area contributed by atoms with E-state index in [9.17, 15) is 5.11 Å². The van der Waals surface area contributed by atoms with Crippen LogP contribution in [0.25, 0.3) is 4.83 Å². The predicted molar refractivity (Wildman–Crippen MR) is 89.1 cm³/mol. The zero-order valence-corrected chi connectivity index (χ0v) is 13.7. The lowest BCUT2D eigenvalue weighted by atomic mass is 10.0. The van der Waals surface area contributed by atoms with Crippen molar-refractivity contribution in [2.75, 3.05) is 31.2 Å². The van der Waals surface area contributed by atoms with Crippen LogP contribution in [-0.2, 0) is 4.74 Å². The molecule has 0 amide bonds. The fourth-order valence-corrected chi connectivity index (χ4v) is 3.73. The third-order valence-corrected chi connectivity index (χ3v) is 5.12. The highest BCUT2D eigenvalue weighted by Gasteiger charge is 2.21. The Labute approximate surface area is 138 Å². The number of morpholine rings is 1. The van der Waals surface area contributed by atoms with Gasteiger partial charge in [0.05, 0.1) is 25.1 Å². The number of anilines is 1. The third kappa shape index (κ3) is 2.60. The predicted octanol–water partition coefficient (Wildman–Crippen LogP) is 2.02. The van der Waals surface area contributed by atoms with Crippen LogP contribution in [0.5, 0.6) is 0 Å². The number of thiazole rings is 1. The highest BCUT2D eigenvalue weighted by Crippen LogP contribution is 2.30. The summed E-state index contributed by atoms with van der Waals surface area (Å²) >= 11 is 1.57. The molecule has 1 saturated heterocycles. The van der Waals surface area contributed by atoms with E-state index in [4.69, 9.17) is 4.74 Å². The zero-order chi connectivity index (χ0) is 15.8. The molecule has 3 aromatic heterocycles. The lowest BCUT2D eigenvalue weighted by molar-refractivity contribution is 0.122. The maximum absolute atomic E-state index is 10.8. The van der Waals surface area contributed by atoms with Crippen LogP contribution in [0.4, 0.5) is 5.69 Å². The second-order valence-corrected chi connectivity index (χ2v) is 6.51. The highest BCUT2D eigenvalue weighted by atomic mass is 32.1. The summed E-state index contributed by atoms with van der Waals surface area (Å²) in [5, 5.41) is 12.8. The van der Waals surface area contributed by atoms with Crippen molar-refractivity contribution in [2.45, 2.75) is 13.0 Å². The number of hydrogen-bond donors (Lipinski definition) is 1. The van der Waals surface area contributed by atoms with Crippen LogP contribution >= 0.6 is 11.3 Å². The van der Waals surface area contributed by atoms with Gasteiger partial charge in [-0.05, 0) is 13.0 Å². The Hall–Kier alpha value is -1.96. The Kier molecular flexibility index (Phi) is 3.76. The first-order valence-electron chi connectivity index (χ1n) is 7.61. The fourth-order valence-electron chi connectivity index (χ4n) is 2.90. The van der Waals surface area contributed by atoms with E-state index in [2.05, 4.69) is 14.9 Å². The van der Waals surface area contributed by atoms with Crippen molar-refractivity contribution in [1.29, 1.82) is 0 Å². The largest absolute Gasteiger partial charge is 0.382 e. The van der Waals surface area contributed by atoms with Crippen LogP contribution in [0.1, 0.15) is 23.1 Å². The van der Waals surface area contributed by atoms with Crippen molar-refractivity contribution < 1.29 is 9.84 Å². The number of aryl methyl sites for hydroxylation is 1. The van der Waals surface area contributed by atoms with Gasteiger partial charge in [-0.2, -0.15) is 0 Å². The number of pyridine rings is 1. The van der Waals surface area contributed by atoms with E-state index in [-0.39, 0.29) is 0 Å². The molecule has 0 aromatic carbocycles. The van der Waals surface area contributed by atoms with Crippen molar-refractivity contribution in [3.05, 3.63) is 47.1 Å². The molecule has 3 aromatic rings. The summed E-state index contributed by atoms with van der Waals surface area (Å²) in [5.74, 6) is 0. The summed E-state index contributed by atoms with van der Waals surface area (Å²) in [6.45, 7) is 5.06. The van der Waals surface area contributed by atoms with E-state index in [0.717, 1.165) is 48.1 Å². The van der Waals surface area contributed by atoms with Crippen molar-refractivity contribution in [3.8, 4) is 0 Å². The van der Waals surface area contributed by atoms with E-state index in [1.807, 2.05) is 35.2 Å². The number of aliphatic hydroxyl groups excluding tert-OH is 1. The maximum atomic E-state index is 10.8. The zero-order valence-electron chi connectivity index (χ0n) is 12.8. The first-order chi connectivity index (χ1) is 11.2. The second kappa shape index (κ2) is 5.92. The Morgan fingerprint density at radius 1 is 1.30 bits per heavy atom. The Balaban J connectivity index is 1.71. The van der Waals surface area contributed by atoms with Crippen molar-refractivity contribution >= 4 is 21.9 Å². The standard InChI is InChI=1S/C16H18N4O2S/c1-11-13(8-12(9-17-11)19-2-5-22-6-3-19)15(21)14-16-20(10-18-14)4-7-23-16/h4,7-10,15,21H,2-3,5-6H2,1H3. The van der Waals surface area contributed by atoms with E-state index in [1.165, 1.54) is 0 Å². The summed E-state index contributed by atoms with van der Waals surface area (Å²) < 4.78 is 7.33. The summed E-state index contributed by atoms with van der Waals surface area (Å²) in [4.78, 5) is 12.1. The van der Waals surface area contributed by atoms with Crippen molar-refractivity contribution in [1.82, 2.24) is 14.4 Å². The molecule has 120 valence electrons. The van der Waals surface area contributed by atoms with E-state index >= 15 is 0 Å². The number of ether oxygens (including phenoxy) is 1. The first kappa shape index (κ1) is 14.6. The average Bonchev–Trinajstić information content (AvgIpc) is 3.19. The normalized spacial score (nSPS) is 16.9. The minimum absolute atomic E-state index is 0.684. The SMILES string of the molecule is Cc1ncc(N2CCOCC2)cc1C(O)c1ncn2ccsc12. The summed E-state index contributed by atoms with van der Waals surface area (Å²) in [7, 11) is 0. The third-order valence-electron chi connectivity index (χ3n) is 4.22. The first-order valence-corrected chi connectivity index (χ1v) is 8.49. The van der Waals surface area contributed by atoms with E-state index in [0.29, 0.717) is 5.69 Å². The minimum Gasteiger partial charge on any atom is -0.382 e. The summed E-state index contributed by atoms with van der Waals surface area (Å²) in [6, 6.07) is 2.02. The van der Waals surface area contributed by atoms with Gasteiger partial charge in [0.1, 0.15) is 23.0 Å². The number of hydrogen-bond acceptors (Lipinski definition) is 6. The van der Waals surface area contributed by atoms with Crippen molar-refractivity contribution in [2.24, 2.45) is 0 Å². The van der Waals surface area contributed by atoms with Gasteiger partial charge < -0.3 is 14.7 Å². The molecule has 4 rings (SSSR count). The Morgan fingerprint density at radius 3 is 2.96 bits per heavy atom. The maximum Gasteiger partial charge on any atom is 0.126 e. The molecule has 1 fully saturated rings. The molecule has 1 aliphatic rings. The van der Waals surface area contributed by atoms with E-state index in [1.54, 1.807) is 17.7 Å². The molecule has 0 saturated carbocycles. The molecule has 4 heterocycles. The van der Waals surface area contributed by atoms with Crippen LogP contribution in [0.2, 0.25) is 0 Å². The van der Waals surface area contributed by atoms with Gasteiger partial charge in [-0.15, -0.1) is 11.3 Å². The number of fused-ring (bicyclic) bond motifs is 1. The number of imidazole rings is 1. The van der Waals surface area contributed by atoms with E-state index < -0.39 is 6.10 Å². The Bertz CT molecular complexity index is 822. The number of nitrogens with zero attached hydrogens (tertiary/aromatic N) is 4. The minimum atomic E-state index is -0.771. The van der Waals surface area contributed by atoms with Crippen LogP contribution in [0, 0.1) is 6.92 Å². The van der Waals surface area contributed by atoms with Gasteiger partial charge in [-0.1, -0.05) is 0 Å². The topological polar surface area (TPSA) is 62.9 Å². The molecule has 0 spiro atoms. The summed E-state index contributed by atoms with van der Waals surface area (Å²) in [6.07, 6.45) is 4.77. The molecule has 1 unspecified atom stereocenters. The molecule has 0 radical (unpaired) electrons. The van der Waals surface area contributed by atoms with Gasteiger partial charge in [0.15, 0.2) is 0 Å². The molecule has 1 aliphatic heterocycles. The van der Waals surface area contributed by atoms with Crippen molar-refractivity contribution in [3.63, 3.8) is 0 Å². The molecule has 1 atom stereocenters. The van der Waals surface area contributed by atoms with Crippen LogP contribution < -0.4 is 4.90 Å². The average molecular weight is 330 g/mol. The molecular weight excluding hydrogens is 312 g/mol. The molecule has 0 bridgehead atoms.